The standard InChI is InChI=1S/C16H21N3O4/c1-3-15(21)17-13-10-12(16(22)23)4-5-14(13)19-8-6-18(7-9-19)11(2)20/h4-5,10H,3,6-9H2,1-2H3,(H,17,21)(H,22,23). The lowest BCUT2D eigenvalue weighted by Crippen LogP contribution is -2.48. The normalized spacial score (nSPS) is 14.5. The van der Waals surface area contributed by atoms with Gasteiger partial charge in [-0.25, -0.2) is 4.79 Å². The fourth-order valence-electron chi connectivity index (χ4n) is 2.55. The Kier molecular flexibility index (Phi) is 5.20. The molecule has 1 heterocycles. The fraction of sp³-hybridized carbons (Fsp3) is 0.438. The molecule has 0 radical (unpaired) electrons. The zero-order valence-electron chi connectivity index (χ0n) is 13.3. The number of carbonyl (C=O) groups excluding carboxylic acids is 2. The number of hydrogen-bond donors (Lipinski definition) is 2. The maximum Gasteiger partial charge on any atom is 0.335 e. The predicted octanol–water partition coefficient (Wildman–Crippen LogP) is 1.40. The first-order valence-electron chi connectivity index (χ1n) is 7.60. The molecule has 1 fully saturated rings. The summed E-state index contributed by atoms with van der Waals surface area (Å²) in [6, 6.07) is 4.71. The van der Waals surface area contributed by atoms with E-state index >= 15 is 0 Å². The number of hydrogen-bond acceptors (Lipinski definition) is 4. The molecule has 2 N–H and O–H groups in total. The van der Waals surface area contributed by atoms with Gasteiger partial charge < -0.3 is 20.2 Å². The largest absolute Gasteiger partial charge is 0.478 e. The first kappa shape index (κ1) is 16.8. The number of aromatic carboxylic acids is 1. The van der Waals surface area contributed by atoms with Crippen molar-refractivity contribution < 1.29 is 19.5 Å². The lowest BCUT2D eigenvalue weighted by molar-refractivity contribution is -0.129. The lowest BCUT2D eigenvalue weighted by atomic mass is 10.1. The van der Waals surface area contributed by atoms with Gasteiger partial charge in [-0.05, 0) is 18.2 Å². The van der Waals surface area contributed by atoms with Gasteiger partial charge in [0, 0.05) is 39.5 Å². The molecule has 0 spiro atoms. The summed E-state index contributed by atoms with van der Waals surface area (Å²) in [6.45, 7) is 5.78. The average molecular weight is 319 g/mol. The number of piperazine rings is 1. The zero-order chi connectivity index (χ0) is 17.0. The highest BCUT2D eigenvalue weighted by Gasteiger charge is 2.21. The summed E-state index contributed by atoms with van der Waals surface area (Å²) in [7, 11) is 0. The summed E-state index contributed by atoms with van der Waals surface area (Å²) < 4.78 is 0. The molecule has 0 aromatic heterocycles. The molecule has 0 atom stereocenters. The highest BCUT2D eigenvalue weighted by atomic mass is 16.4. The van der Waals surface area contributed by atoms with Gasteiger partial charge >= 0.3 is 5.97 Å². The molecule has 0 unspecified atom stereocenters. The van der Waals surface area contributed by atoms with Crippen LogP contribution in [-0.2, 0) is 9.59 Å². The zero-order valence-corrected chi connectivity index (χ0v) is 13.3. The van der Waals surface area contributed by atoms with Crippen LogP contribution in [0.1, 0.15) is 30.6 Å². The minimum absolute atomic E-state index is 0.0467. The summed E-state index contributed by atoms with van der Waals surface area (Å²) >= 11 is 0. The first-order valence-corrected chi connectivity index (χ1v) is 7.60. The summed E-state index contributed by atoms with van der Waals surface area (Å²) in [5.41, 5.74) is 1.40. The number of carboxylic acid groups (broad SMARTS) is 1. The van der Waals surface area contributed by atoms with Crippen molar-refractivity contribution in [2.24, 2.45) is 0 Å². The van der Waals surface area contributed by atoms with Crippen molar-refractivity contribution in [3.63, 3.8) is 0 Å². The maximum atomic E-state index is 11.7. The summed E-state index contributed by atoms with van der Waals surface area (Å²) in [5, 5.41) is 11.9. The number of benzene rings is 1. The van der Waals surface area contributed by atoms with E-state index in [1.54, 1.807) is 24.8 Å². The van der Waals surface area contributed by atoms with Crippen LogP contribution >= 0.6 is 0 Å². The summed E-state index contributed by atoms with van der Waals surface area (Å²) in [4.78, 5) is 38.1. The molecule has 7 nitrogen and oxygen atoms in total. The van der Waals surface area contributed by atoms with E-state index in [4.69, 9.17) is 5.11 Å². The predicted molar refractivity (Wildman–Crippen MR) is 86.8 cm³/mol. The van der Waals surface area contributed by atoms with Gasteiger partial charge in [0.2, 0.25) is 11.8 Å². The van der Waals surface area contributed by atoms with E-state index in [1.165, 1.54) is 12.1 Å². The van der Waals surface area contributed by atoms with Crippen molar-refractivity contribution in [2.75, 3.05) is 36.4 Å². The van der Waals surface area contributed by atoms with Crippen molar-refractivity contribution in [3.8, 4) is 0 Å². The molecule has 124 valence electrons. The molecule has 0 aliphatic carbocycles. The molecule has 1 aromatic carbocycles. The average Bonchev–Trinajstić information content (AvgIpc) is 2.54. The Morgan fingerprint density at radius 3 is 2.35 bits per heavy atom. The molecule has 1 aliphatic rings. The van der Waals surface area contributed by atoms with Crippen LogP contribution in [0, 0.1) is 0 Å². The second kappa shape index (κ2) is 7.13. The monoisotopic (exact) mass is 319 g/mol. The number of nitrogens with one attached hydrogen (secondary N) is 1. The SMILES string of the molecule is CCC(=O)Nc1cc(C(=O)O)ccc1N1CCN(C(C)=O)CC1. The third-order valence-corrected chi connectivity index (χ3v) is 3.90. The van der Waals surface area contributed by atoms with Crippen LogP contribution in [0.4, 0.5) is 11.4 Å². The molecular weight excluding hydrogens is 298 g/mol. The molecule has 7 heteroatoms. The van der Waals surface area contributed by atoms with Crippen LogP contribution in [0.15, 0.2) is 18.2 Å². The van der Waals surface area contributed by atoms with Crippen LogP contribution in [0.25, 0.3) is 0 Å². The van der Waals surface area contributed by atoms with E-state index in [9.17, 15) is 14.4 Å². The Morgan fingerprint density at radius 1 is 1.17 bits per heavy atom. The minimum Gasteiger partial charge on any atom is -0.478 e. The van der Waals surface area contributed by atoms with Gasteiger partial charge in [-0.15, -0.1) is 0 Å². The fourth-order valence-corrected chi connectivity index (χ4v) is 2.55. The molecule has 23 heavy (non-hydrogen) atoms. The van der Waals surface area contributed by atoms with E-state index in [1.807, 2.05) is 0 Å². The Bertz CT molecular complexity index is 622. The number of nitrogens with zero attached hydrogens (tertiary/aromatic N) is 2. The van der Waals surface area contributed by atoms with Gasteiger partial charge in [0.05, 0.1) is 16.9 Å². The van der Waals surface area contributed by atoms with Gasteiger partial charge in [0.15, 0.2) is 0 Å². The highest BCUT2D eigenvalue weighted by molar-refractivity contribution is 5.97. The van der Waals surface area contributed by atoms with Gasteiger partial charge in [-0.2, -0.15) is 0 Å². The van der Waals surface area contributed by atoms with Crippen molar-refractivity contribution in [3.05, 3.63) is 23.8 Å². The first-order chi connectivity index (χ1) is 10.9. The molecule has 2 rings (SSSR count). The van der Waals surface area contributed by atoms with Crippen LogP contribution in [0.2, 0.25) is 0 Å². The van der Waals surface area contributed by atoms with E-state index in [0.717, 1.165) is 5.69 Å². The van der Waals surface area contributed by atoms with E-state index in [-0.39, 0.29) is 17.4 Å². The molecular formula is C16H21N3O4. The summed E-state index contributed by atoms with van der Waals surface area (Å²) in [6.07, 6.45) is 0.314. The number of amides is 2. The number of carboxylic acids is 1. The van der Waals surface area contributed by atoms with Gasteiger partial charge in [-0.3, -0.25) is 9.59 Å². The lowest BCUT2D eigenvalue weighted by Gasteiger charge is -2.36. The van der Waals surface area contributed by atoms with Crippen molar-refractivity contribution in [2.45, 2.75) is 20.3 Å². The van der Waals surface area contributed by atoms with Crippen molar-refractivity contribution in [1.82, 2.24) is 4.90 Å². The Hall–Kier alpha value is -2.57. The van der Waals surface area contributed by atoms with E-state index < -0.39 is 5.97 Å². The Labute approximate surface area is 134 Å². The van der Waals surface area contributed by atoms with E-state index in [0.29, 0.717) is 38.3 Å². The minimum atomic E-state index is -1.04. The van der Waals surface area contributed by atoms with Crippen molar-refractivity contribution in [1.29, 1.82) is 0 Å². The molecule has 1 aromatic rings. The molecule has 1 aliphatic heterocycles. The topological polar surface area (TPSA) is 89.9 Å². The summed E-state index contributed by atoms with van der Waals surface area (Å²) in [5.74, 6) is -1.16. The van der Waals surface area contributed by atoms with Crippen LogP contribution in [0.3, 0.4) is 0 Å². The van der Waals surface area contributed by atoms with Gasteiger partial charge in [0.25, 0.3) is 0 Å². The smallest absolute Gasteiger partial charge is 0.335 e. The molecule has 0 bridgehead atoms. The van der Waals surface area contributed by atoms with Gasteiger partial charge in [0.1, 0.15) is 0 Å². The van der Waals surface area contributed by atoms with Crippen LogP contribution in [0.5, 0.6) is 0 Å². The number of carbonyl (C=O) groups is 3. The maximum absolute atomic E-state index is 11.7. The Balaban J connectivity index is 2.25. The highest BCUT2D eigenvalue weighted by Crippen LogP contribution is 2.28. The Morgan fingerprint density at radius 2 is 1.83 bits per heavy atom. The number of anilines is 2. The second-order valence-electron chi connectivity index (χ2n) is 5.43. The molecule has 1 saturated heterocycles. The van der Waals surface area contributed by atoms with Crippen molar-refractivity contribution >= 4 is 29.2 Å². The van der Waals surface area contributed by atoms with Crippen LogP contribution in [-0.4, -0.2) is 54.0 Å². The third kappa shape index (κ3) is 4.00. The second-order valence-corrected chi connectivity index (χ2v) is 5.43. The molecule has 2 amide bonds. The molecule has 0 saturated carbocycles. The van der Waals surface area contributed by atoms with Crippen LogP contribution < -0.4 is 10.2 Å². The number of rotatable bonds is 4. The van der Waals surface area contributed by atoms with Gasteiger partial charge in [-0.1, -0.05) is 6.92 Å². The quantitative estimate of drug-likeness (QED) is 0.875. The van der Waals surface area contributed by atoms with E-state index in [2.05, 4.69) is 10.2 Å². The third-order valence-electron chi connectivity index (χ3n) is 3.90.